The van der Waals surface area contributed by atoms with E-state index >= 15 is 0 Å². The lowest BCUT2D eigenvalue weighted by molar-refractivity contribution is 0.0132. The molecule has 1 unspecified atom stereocenters. The number of hydrogen-bond acceptors (Lipinski definition) is 5. The van der Waals surface area contributed by atoms with Gasteiger partial charge in [0.15, 0.2) is 5.96 Å². The minimum absolute atomic E-state index is 0. The van der Waals surface area contributed by atoms with Gasteiger partial charge in [-0.25, -0.2) is 0 Å². The minimum Gasteiger partial charge on any atom is -0.379 e. The van der Waals surface area contributed by atoms with E-state index in [1.807, 2.05) is 7.05 Å². The zero-order chi connectivity index (χ0) is 17.9. The third kappa shape index (κ3) is 9.16. The van der Waals surface area contributed by atoms with Crippen LogP contribution in [0.15, 0.2) is 4.99 Å². The van der Waals surface area contributed by atoms with E-state index < -0.39 is 0 Å². The smallest absolute Gasteiger partial charge is 0.191 e. The molecule has 2 saturated heterocycles. The Hall–Kier alpha value is -0.160. The SMILES string of the molecule is CN=C(NCCN1CCOCC1)NCC(CC(C)C)N1CCOCC1.I. The van der Waals surface area contributed by atoms with Crippen LogP contribution in [0, 0.1) is 5.92 Å². The summed E-state index contributed by atoms with van der Waals surface area (Å²) < 4.78 is 10.9. The summed E-state index contributed by atoms with van der Waals surface area (Å²) in [7, 11) is 1.84. The van der Waals surface area contributed by atoms with Crippen LogP contribution in [0.3, 0.4) is 0 Å². The van der Waals surface area contributed by atoms with Crippen LogP contribution in [-0.4, -0.2) is 101 Å². The van der Waals surface area contributed by atoms with E-state index in [0.29, 0.717) is 12.0 Å². The number of nitrogens with one attached hydrogen (secondary N) is 2. The van der Waals surface area contributed by atoms with Crippen LogP contribution >= 0.6 is 24.0 Å². The van der Waals surface area contributed by atoms with E-state index in [1.165, 1.54) is 6.42 Å². The van der Waals surface area contributed by atoms with Crippen molar-refractivity contribution in [3.05, 3.63) is 0 Å². The van der Waals surface area contributed by atoms with E-state index in [4.69, 9.17) is 9.47 Å². The van der Waals surface area contributed by atoms with Crippen molar-refractivity contribution in [2.75, 3.05) is 79.3 Å². The van der Waals surface area contributed by atoms with Crippen LogP contribution in [0.25, 0.3) is 0 Å². The molecule has 2 heterocycles. The zero-order valence-corrected chi connectivity index (χ0v) is 19.0. The number of hydrogen-bond donors (Lipinski definition) is 2. The number of aliphatic imine (C=N–C) groups is 1. The minimum atomic E-state index is 0. The van der Waals surface area contributed by atoms with Gasteiger partial charge in [-0.15, -0.1) is 24.0 Å². The average Bonchev–Trinajstić information content (AvgIpc) is 2.64. The predicted octanol–water partition coefficient (Wildman–Crippen LogP) is 0.849. The molecule has 0 amide bonds. The predicted molar refractivity (Wildman–Crippen MR) is 118 cm³/mol. The van der Waals surface area contributed by atoms with Crippen LogP contribution in [0.5, 0.6) is 0 Å². The summed E-state index contributed by atoms with van der Waals surface area (Å²) in [5.74, 6) is 1.58. The lowest BCUT2D eigenvalue weighted by Gasteiger charge is -2.35. The lowest BCUT2D eigenvalue weighted by atomic mass is 10.0. The number of ether oxygens (including phenoxy) is 2. The maximum Gasteiger partial charge on any atom is 0.191 e. The van der Waals surface area contributed by atoms with Crippen LogP contribution in [-0.2, 0) is 9.47 Å². The van der Waals surface area contributed by atoms with Gasteiger partial charge in [0, 0.05) is 58.9 Å². The molecule has 0 bridgehead atoms. The van der Waals surface area contributed by atoms with Crippen LogP contribution in [0.4, 0.5) is 0 Å². The topological polar surface area (TPSA) is 61.4 Å². The molecule has 1 atom stereocenters. The van der Waals surface area contributed by atoms with Crippen LogP contribution < -0.4 is 10.6 Å². The van der Waals surface area contributed by atoms with Crippen molar-refractivity contribution in [3.8, 4) is 0 Å². The number of nitrogens with zero attached hydrogens (tertiary/aromatic N) is 3. The summed E-state index contributed by atoms with van der Waals surface area (Å²) in [5, 5.41) is 6.96. The first kappa shape index (κ1) is 23.9. The number of rotatable bonds is 8. The maximum atomic E-state index is 5.50. The summed E-state index contributed by atoms with van der Waals surface area (Å²) in [6.07, 6.45) is 1.19. The molecule has 2 fully saturated rings. The fraction of sp³-hybridized carbons (Fsp3) is 0.944. The molecule has 2 N–H and O–H groups in total. The molecule has 0 saturated carbocycles. The highest BCUT2D eigenvalue weighted by atomic mass is 127. The highest BCUT2D eigenvalue weighted by Gasteiger charge is 2.22. The van der Waals surface area contributed by atoms with E-state index in [9.17, 15) is 0 Å². The largest absolute Gasteiger partial charge is 0.379 e. The van der Waals surface area contributed by atoms with Gasteiger partial charge in [-0.3, -0.25) is 14.8 Å². The molecule has 26 heavy (non-hydrogen) atoms. The molecule has 0 radical (unpaired) electrons. The number of morpholine rings is 2. The van der Waals surface area contributed by atoms with Gasteiger partial charge in [0.25, 0.3) is 0 Å². The third-order valence-electron chi connectivity index (χ3n) is 4.86. The van der Waals surface area contributed by atoms with Gasteiger partial charge in [-0.1, -0.05) is 13.8 Å². The Balaban J connectivity index is 0.00000338. The van der Waals surface area contributed by atoms with Crippen molar-refractivity contribution in [1.82, 2.24) is 20.4 Å². The van der Waals surface area contributed by atoms with Crippen LogP contribution in [0.1, 0.15) is 20.3 Å². The molecule has 2 aliphatic rings. The van der Waals surface area contributed by atoms with Gasteiger partial charge < -0.3 is 20.1 Å². The molecule has 0 aromatic heterocycles. The third-order valence-corrected chi connectivity index (χ3v) is 4.86. The van der Waals surface area contributed by atoms with Gasteiger partial charge >= 0.3 is 0 Å². The van der Waals surface area contributed by atoms with Crippen LogP contribution in [0.2, 0.25) is 0 Å². The standard InChI is InChI=1S/C18H37N5O2.HI/c1-16(2)14-17(23-8-12-25-13-9-23)15-21-18(19-3)20-4-5-22-6-10-24-11-7-22;/h16-17H,4-15H2,1-3H3,(H2,19,20,21);1H. The van der Waals surface area contributed by atoms with Crippen molar-refractivity contribution in [2.45, 2.75) is 26.3 Å². The Morgan fingerprint density at radius 1 is 1.00 bits per heavy atom. The van der Waals surface area contributed by atoms with E-state index in [2.05, 4.69) is 39.3 Å². The average molecular weight is 483 g/mol. The first-order chi connectivity index (χ1) is 12.2. The highest BCUT2D eigenvalue weighted by molar-refractivity contribution is 14.0. The first-order valence-electron chi connectivity index (χ1n) is 9.75. The zero-order valence-electron chi connectivity index (χ0n) is 16.7. The van der Waals surface area contributed by atoms with E-state index in [-0.39, 0.29) is 24.0 Å². The molecule has 0 aromatic rings. The maximum absolute atomic E-state index is 5.50. The molecular formula is C18H38IN5O2. The fourth-order valence-electron chi connectivity index (χ4n) is 3.44. The monoisotopic (exact) mass is 483 g/mol. The summed E-state index contributed by atoms with van der Waals surface area (Å²) in [5.41, 5.74) is 0. The Bertz CT molecular complexity index is 386. The second-order valence-corrected chi connectivity index (χ2v) is 7.27. The normalized spacial score (nSPS) is 21.3. The van der Waals surface area contributed by atoms with Crippen molar-refractivity contribution >= 4 is 29.9 Å². The molecule has 2 aliphatic heterocycles. The molecule has 0 spiro atoms. The van der Waals surface area contributed by atoms with Gasteiger partial charge in [0.2, 0.25) is 0 Å². The van der Waals surface area contributed by atoms with Gasteiger partial charge in [0.05, 0.1) is 26.4 Å². The highest BCUT2D eigenvalue weighted by Crippen LogP contribution is 2.12. The number of halogens is 1. The summed E-state index contributed by atoms with van der Waals surface area (Å²) in [6.45, 7) is 15.0. The number of guanidine groups is 1. The quantitative estimate of drug-likeness (QED) is 0.303. The summed E-state index contributed by atoms with van der Waals surface area (Å²) in [6, 6.07) is 0.529. The Morgan fingerprint density at radius 2 is 1.62 bits per heavy atom. The van der Waals surface area contributed by atoms with Crippen molar-refractivity contribution < 1.29 is 9.47 Å². The first-order valence-corrected chi connectivity index (χ1v) is 9.75. The summed E-state index contributed by atoms with van der Waals surface area (Å²) >= 11 is 0. The second-order valence-electron chi connectivity index (χ2n) is 7.27. The lowest BCUT2D eigenvalue weighted by Crippen LogP contribution is -2.51. The van der Waals surface area contributed by atoms with E-state index in [0.717, 1.165) is 78.2 Å². The molecule has 8 heteroatoms. The van der Waals surface area contributed by atoms with Crippen molar-refractivity contribution in [2.24, 2.45) is 10.9 Å². The van der Waals surface area contributed by atoms with Crippen molar-refractivity contribution in [1.29, 1.82) is 0 Å². The molecule has 2 rings (SSSR count). The fourth-order valence-corrected chi connectivity index (χ4v) is 3.44. The van der Waals surface area contributed by atoms with E-state index in [1.54, 1.807) is 0 Å². The van der Waals surface area contributed by atoms with Gasteiger partial charge in [-0.2, -0.15) is 0 Å². The summed E-state index contributed by atoms with van der Waals surface area (Å²) in [4.78, 5) is 9.36. The van der Waals surface area contributed by atoms with Gasteiger partial charge in [0.1, 0.15) is 0 Å². The molecule has 154 valence electrons. The molecule has 7 nitrogen and oxygen atoms in total. The second kappa shape index (κ2) is 13.9. The Morgan fingerprint density at radius 3 is 2.19 bits per heavy atom. The van der Waals surface area contributed by atoms with Gasteiger partial charge in [-0.05, 0) is 12.3 Å². The molecule has 0 aromatic carbocycles. The Kier molecular flexibility index (Phi) is 12.8. The van der Waals surface area contributed by atoms with Crippen molar-refractivity contribution in [3.63, 3.8) is 0 Å². The Labute approximate surface area is 176 Å². The molecule has 0 aliphatic carbocycles. The molecular weight excluding hydrogens is 445 g/mol.